The molecule has 0 aliphatic heterocycles. The number of carbonyl (C=O) groups is 1. The highest BCUT2D eigenvalue weighted by Gasteiger charge is 2.26. The Bertz CT molecular complexity index is 2030. The van der Waals surface area contributed by atoms with Crippen molar-refractivity contribution in [2.75, 3.05) is 24.7 Å². The smallest absolute Gasteiger partial charge is 0.255 e. The number of nitrogens with zero attached hydrogens (tertiary/aromatic N) is 4. The van der Waals surface area contributed by atoms with Crippen molar-refractivity contribution >= 4 is 38.4 Å². The number of sulfonamides is 1. The van der Waals surface area contributed by atoms with Gasteiger partial charge in [0.15, 0.2) is 0 Å². The van der Waals surface area contributed by atoms with Crippen molar-refractivity contribution in [3.8, 4) is 33.7 Å². The van der Waals surface area contributed by atoms with Gasteiger partial charge in [0.05, 0.1) is 23.2 Å². The van der Waals surface area contributed by atoms with Gasteiger partial charge >= 0.3 is 0 Å². The Labute approximate surface area is 234 Å². The topological polar surface area (TPSA) is 110 Å². The minimum atomic E-state index is -3.67. The fraction of sp³-hybridized carbons (Fsp3) is 0.100. The summed E-state index contributed by atoms with van der Waals surface area (Å²) in [5.74, 6) is -0.0275. The number of hydrogen-bond donors (Lipinski definition) is 1. The lowest BCUT2D eigenvalue weighted by atomic mass is 9.97. The summed E-state index contributed by atoms with van der Waals surface area (Å²) in [5, 5.41) is 3.13. The lowest BCUT2D eigenvalue weighted by molar-refractivity contribution is 0.0964. The second-order valence-corrected chi connectivity index (χ2v) is 11.5. The van der Waals surface area contributed by atoms with Gasteiger partial charge in [0.2, 0.25) is 15.8 Å². The Balaban J connectivity index is 1.61. The van der Waals surface area contributed by atoms with Gasteiger partial charge in [-0.1, -0.05) is 18.2 Å². The van der Waals surface area contributed by atoms with E-state index in [9.17, 15) is 17.6 Å². The van der Waals surface area contributed by atoms with Crippen molar-refractivity contribution in [3.63, 3.8) is 0 Å². The minimum absolute atomic E-state index is 0.246. The molecule has 0 saturated heterocycles. The maximum atomic E-state index is 13.7. The lowest BCUT2D eigenvalue weighted by Gasteiger charge is -2.21. The molecule has 3 heterocycles. The number of anilines is 1. The molecule has 1 amide bonds. The van der Waals surface area contributed by atoms with Gasteiger partial charge in [-0.25, -0.2) is 22.8 Å². The van der Waals surface area contributed by atoms with Gasteiger partial charge in [-0.3, -0.25) is 13.5 Å². The molecule has 0 unspecified atom stereocenters. The molecule has 6 rings (SSSR count). The molecule has 0 aliphatic carbocycles. The SMILES string of the molecule is CNC(=O)c1c(-c2ccc(F)cc2)oc2cc(N(C)S(C)(=O)=O)c(-c3cccc(-c4cn5cccnc5n4)c3)cc12. The molecule has 0 aliphatic rings. The Morgan fingerprint density at radius 3 is 2.49 bits per heavy atom. The van der Waals surface area contributed by atoms with E-state index in [1.54, 1.807) is 18.3 Å². The van der Waals surface area contributed by atoms with Crippen molar-refractivity contribution in [2.45, 2.75) is 0 Å². The minimum Gasteiger partial charge on any atom is -0.455 e. The third kappa shape index (κ3) is 4.70. The highest BCUT2D eigenvalue weighted by molar-refractivity contribution is 7.92. The summed E-state index contributed by atoms with van der Waals surface area (Å²) in [7, 11) is -0.700. The first kappa shape index (κ1) is 26.2. The molecule has 41 heavy (non-hydrogen) atoms. The molecule has 0 radical (unpaired) electrons. The van der Waals surface area contributed by atoms with Crippen LogP contribution in [0.1, 0.15) is 10.4 Å². The monoisotopic (exact) mass is 569 g/mol. The number of carbonyl (C=O) groups excluding carboxylic acids is 1. The number of halogens is 1. The van der Waals surface area contributed by atoms with Crippen LogP contribution in [0.15, 0.2) is 89.7 Å². The summed E-state index contributed by atoms with van der Waals surface area (Å²) < 4.78 is 48.2. The number of imidazole rings is 1. The molecule has 0 atom stereocenters. The predicted molar refractivity (Wildman–Crippen MR) is 156 cm³/mol. The van der Waals surface area contributed by atoms with E-state index < -0.39 is 21.7 Å². The van der Waals surface area contributed by atoms with Gasteiger partial charge in [-0.05, 0) is 48.0 Å². The Kier molecular flexibility index (Phi) is 6.30. The molecule has 0 fully saturated rings. The first-order valence-electron chi connectivity index (χ1n) is 12.6. The van der Waals surface area contributed by atoms with Crippen LogP contribution < -0.4 is 9.62 Å². The van der Waals surface area contributed by atoms with Crippen molar-refractivity contribution in [3.05, 3.63) is 96.7 Å². The summed E-state index contributed by atoms with van der Waals surface area (Å²) in [6.45, 7) is 0. The molecule has 0 bridgehead atoms. The maximum absolute atomic E-state index is 13.7. The second kappa shape index (κ2) is 9.86. The number of amides is 1. The van der Waals surface area contributed by atoms with E-state index in [1.807, 2.05) is 47.1 Å². The van der Waals surface area contributed by atoms with Crippen molar-refractivity contribution in [1.29, 1.82) is 0 Å². The van der Waals surface area contributed by atoms with Crippen molar-refractivity contribution in [1.82, 2.24) is 19.7 Å². The third-order valence-electron chi connectivity index (χ3n) is 6.91. The predicted octanol–water partition coefficient (Wildman–Crippen LogP) is 5.37. The highest BCUT2D eigenvalue weighted by Crippen LogP contribution is 2.42. The molecule has 0 saturated carbocycles. The van der Waals surface area contributed by atoms with Crippen LogP contribution in [0.25, 0.3) is 50.5 Å². The molecule has 0 spiro atoms. The zero-order valence-electron chi connectivity index (χ0n) is 22.3. The van der Waals surface area contributed by atoms with Crippen LogP contribution >= 0.6 is 0 Å². The molecule has 3 aromatic heterocycles. The van der Waals surface area contributed by atoms with E-state index in [0.717, 1.165) is 11.8 Å². The largest absolute Gasteiger partial charge is 0.455 e. The van der Waals surface area contributed by atoms with Crippen LogP contribution in [0.4, 0.5) is 10.1 Å². The fourth-order valence-electron chi connectivity index (χ4n) is 4.77. The van der Waals surface area contributed by atoms with E-state index in [-0.39, 0.29) is 11.3 Å². The van der Waals surface area contributed by atoms with Gasteiger partial charge in [0, 0.05) is 60.8 Å². The number of benzene rings is 3. The molecular weight excluding hydrogens is 545 g/mol. The first-order valence-corrected chi connectivity index (χ1v) is 14.4. The van der Waals surface area contributed by atoms with E-state index in [0.29, 0.717) is 44.8 Å². The summed E-state index contributed by atoms with van der Waals surface area (Å²) in [6.07, 6.45) is 6.50. The molecule has 11 heteroatoms. The number of furan rings is 1. The summed E-state index contributed by atoms with van der Waals surface area (Å²) in [6, 6.07) is 18.3. The number of nitrogens with one attached hydrogen (secondary N) is 1. The lowest BCUT2D eigenvalue weighted by Crippen LogP contribution is -2.25. The van der Waals surface area contributed by atoms with E-state index >= 15 is 0 Å². The molecule has 9 nitrogen and oxygen atoms in total. The van der Waals surface area contributed by atoms with Crippen LogP contribution in [0, 0.1) is 5.82 Å². The van der Waals surface area contributed by atoms with Gasteiger partial charge in [0.1, 0.15) is 17.2 Å². The normalized spacial score (nSPS) is 11.7. The van der Waals surface area contributed by atoms with Crippen LogP contribution in [0.5, 0.6) is 0 Å². The van der Waals surface area contributed by atoms with Crippen LogP contribution in [-0.4, -0.2) is 49.0 Å². The van der Waals surface area contributed by atoms with E-state index in [4.69, 9.17) is 4.42 Å². The first-order chi connectivity index (χ1) is 19.6. The van der Waals surface area contributed by atoms with Crippen LogP contribution in [0.3, 0.4) is 0 Å². The summed E-state index contributed by atoms with van der Waals surface area (Å²) >= 11 is 0. The molecule has 206 valence electrons. The van der Waals surface area contributed by atoms with Crippen molar-refractivity contribution < 1.29 is 22.0 Å². The fourth-order valence-corrected chi connectivity index (χ4v) is 5.28. The molecule has 3 aromatic carbocycles. The number of rotatable bonds is 6. The number of aromatic nitrogens is 3. The Morgan fingerprint density at radius 2 is 1.78 bits per heavy atom. The number of hydrogen-bond acceptors (Lipinski definition) is 6. The van der Waals surface area contributed by atoms with Gasteiger partial charge < -0.3 is 9.73 Å². The van der Waals surface area contributed by atoms with Crippen molar-refractivity contribution in [2.24, 2.45) is 0 Å². The maximum Gasteiger partial charge on any atom is 0.255 e. The third-order valence-corrected chi connectivity index (χ3v) is 8.10. The average molecular weight is 570 g/mol. The van der Waals surface area contributed by atoms with Gasteiger partial charge in [0.25, 0.3) is 5.91 Å². The molecule has 6 aromatic rings. The zero-order chi connectivity index (χ0) is 28.9. The average Bonchev–Trinajstić information content (AvgIpc) is 3.57. The summed E-state index contributed by atoms with van der Waals surface area (Å²) in [4.78, 5) is 22.0. The van der Waals surface area contributed by atoms with Crippen LogP contribution in [0.2, 0.25) is 0 Å². The quantitative estimate of drug-likeness (QED) is 0.289. The van der Waals surface area contributed by atoms with Gasteiger partial charge in [-0.2, -0.15) is 0 Å². The zero-order valence-corrected chi connectivity index (χ0v) is 23.1. The second-order valence-electron chi connectivity index (χ2n) is 9.52. The number of fused-ring (bicyclic) bond motifs is 2. The standard InChI is InChI=1S/C30H24FN5O4S/c1-32-29(37)27-23-15-22(19-6-4-7-20(14-19)24-17-36-13-5-12-33-30(36)34-24)25(35(2)41(3,38)39)16-26(23)40-28(27)18-8-10-21(31)11-9-18/h4-17H,1-3H3,(H,32,37). The van der Waals surface area contributed by atoms with Crippen LogP contribution in [-0.2, 0) is 10.0 Å². The molecule has 1 N–H and O–H groups in total. The Morgan fingerprint density at radius 1 is 1.02 bits per heavy atom. The highest BCUT2D eigenvalue weighted by atomic mass is 32.2. The van der Waals surface area contributed by atoms with E-state index in [1.165, 1.54) is 42.7 Å². The Hall–Kier alpha value is -5.03. The summed E-state index contributed by atoms with van der Waals surface area (Å²) in [5.41, 5.74) is 4.17. The molecular formula is C30H24FN5O4S. The van der Waals surface area contributed by atoms with E-state index in [2.05, 4.69) is 15.3 Å². The van der Waals surface area contributed by atoms with Gasteiger partial charge in [-0.15, -0.1) is 0 Å².